The molecule has 27 heavy (non-hydrogen) atoms. The monoisotopic (exact) mass is 498 g/mol. The number of carbonyl (C=O) groups excluding carboxylic acids is 1. The van der Waals surface area contributed by atoms with Gasteiger partial charge in [-0.1, -0.05) is 41.9 Å². The van der Waals surface area contributed by atoms with Crippen molar-refractivity contribution in [2.45, 2.75) is 18.9 Å². The van der Waals surface area contributed by atoms with Gasteiger partial charge >= 0.3 is 0 Å². The molecule has 3 rings (SSSR count). The van der Waals surface area contributed by atoms with Gasteiger partial charge in [0.05, 0.1) is 5.92 Å². The number of nitrogens with zero attached hydrogens (tertiary/aromatic N) is 2. The number of amides is 1. The minimum Gasteiger partial charge on any atom is -0.356 e. The van der Waals surface area contributed by atoms with Crippen LogP contribution in [0.15, 0.2) is 53.5 Å². The number of aliphatic imine (C=N–C) groups is 1. The van der Waals surface area contributed by atoms with Crippen LogP contribution in [0.5, 0.6) is 0 Å². The molecule has 1 aliphatic heterocycles. The maximum atomic E-state index is 12.2. The molecule has 0 fully saturated rings. The van der Waals surface area contributed by atoms with Crippen molar-refractivity contribution in [1.82, 2.24) is 10.2 Å². The van der Waals surface area contributed by atoms with Crippen molar-refractivity contribution in [3.8, 4) is 0 Å². The molecule has 0 saturated carbocycles. The van der Waals surface area contributed by atoms with Crippen molar-refractivity contribution < 1.29 is 4.79 Å². The van der Waals surface area contributed by atoms with E-state index in [0.717, 1.165) is 27.8 Å². The van der Waals surface area contributed by atoms with E-state index in [9.17, 15) is 4.79 Å². The largest absolute Gasteiger partial charge is 0.356 e. The summed E-state index contributed by atoms with van der Waals surface area (Å²) in [5, 5.41) is 7.01. The van der Waals surface area contributed by atoms with Crippen LogP contribution >= 0.6 is 35.6 Å². The van der Waals surface area contributed by atoms with Crippen LogP contribution in [-0.2, 0) is 11.3 Å². The molecular weight excluding hydrogens is 475 g/mol. The average Bonchev–Trinajstić information content (AvgIpc) is 2.94. The molecule has 0 radical (unpaired) electrons. The molecule has 0 aromatic heterocycles. The van der Waals surface area contributed by atoms with Crippen molar-refractivity contribution >= 4 is 53.1 Å². The molecular formula is C20H24ClIN4O. The Balaban J connectivity index is 0.00000261. The molecule has 0 bridgehead atoms. The minimum absolute atomic E-state index is 0. The van der Waals surface area contributed by atoms with Gasteiger partial charge in [-0.25, -0.2) is 0 Å². The second-order valence-electron chi connectivity index (χ2n) is 6.38. The van der Waals surface area contributed by atoms with Crippen LogP contribution < -0.4 is 10.6 Å². The molecule has 1 heterocycles. The van der Waals surface area contributed by atoms with E-state index in [1.165, 1.54) is 0 Å². The minimum atomic E-state index is -0.116. The Kier molecular flexibility index (Phi) is 7.91. The van der Waals surface area contributed by atoms with Gasteiger partial charge in [0.15, 0.2) is 5.96 Å². The SMILES string of the molecule is CN=C(NCCC1C(=O)Nc2ccccc21)N(C)Cc1cccc(Cl)c1.I. The normalized spacial score (nSPS) is 15.6. The Hall–Kier alpha value is -1.80. The van der Waals surface area contributed by atoms with Gasteiger partial charge < -0.3 is 15.5 Å². The number of guanidine groups is 1. The number of rotatable bonds is 5. The molecule has 0 spiro atoms. The van der Waals surface area contributed by atoms with Gasteiger partial charge in [0.25, 0.3) is 0 Å². The molecule has 1 unspecified atom stereocenters. The first kappa shape index (κ1) is 21.5. The summed E-state index contributed by atoms with van der Waals surface area (Å²) in [7, 11) is 3.74. The molecule has 1 amide bonds. The summed E-state index contributed by atoms with van der Waals surface area (Å²) in [5.41, 5.74) is 3.11. The highest BCUT2D eigenvalue weighted by Crippen LogP contribution is 2.33. The van der Waals surface area contributed by atoms with E-state index < -0.39 is 0 Å². The summed E-state index contributed by atoms with van der Waals surface area (Å²) >= 11 is 6.05. The Labute approximate surface area is 182 Å². The first-order valence-electron chi connectivity index (χ1n) is 8.64. The molecule has 0 saturated heterocycles. The predicted octanol–water partition coefficient (Wildman–Crippen LogP) is 4.09. The highest BCUT2D eigenvalue weighted by atomic mass is 127. The van der Waals surface area contributed by atoms with Gasteiger partial charge in [-0.3, -0.25) is 9.79 Å². The van der Waals surface area contributed by atoms with Crippen LogP contribution in [0, 0.1) is 0 Å². The van der Waals surface area contributed by atoms with Crippen LogP contribution in [0.2, 0.25) is 5.02 Å². The van der Waals surface area contributed by atoms with Crippen LogP contribution in [0.25, 0.3) is 0 Å². The number of nitrogens with one attached hydrogen (secondary N) is 2. The molecule has 1 aliphatic rings. The lowest BCUT2D eigenvalue weighted by Crippen LogP contribution is -2.39. The highest BCUT2D eigenvalue weighted by Gasteiger charge is 2.29. The van der Waals surface area contributed by atoms with E-state index in [4.69, 9.17) is 11.6 Å². The van der Waals surface area contributed by atoms with Crippen LogP contribution in [0.4, 0.5) is 5.69 Å². The Morgan fingerprint density at radius 1 is 1.26 bits per heavy atom. The zero-order valence-corrected chi connectivity index (χ0v) is 18.5. The zero-order chi connectivity index (χ0) is 18.5. The van der Waals surface area contributed by atoms with Crippen LogP contribution in [0.3, 0.4) is 0 Å². The maximum absolute atomic E-state index is 12.2. The first-order chi connectivity index (χ1) is 12.6. The second-order valence-corrected chi connectivity index (χ2v) is 6.81. The van der Waals surface area contributed by atoms with E-state index in [0.29, 0.717) is 19.5 Å². The van der Waals surface area contributed by atoms with E-state index in [1.54, 1.807) is 7.05 Å². The summed E-state index contributed by atoms with van der Waals surface area (Å²) < 4.78 is 0. The van der Waals surface area contributed by atoms with Gasteiger partial charge in [0.1, 0.15) is 0 Å². The van der Waals surface area contributed by atoms with Crippen molar-refractivity contribution in [2.75, 3.05) is 26.0 Å². The van der Waals surface area contributed by atoms with E-state index >= 15 is 0 Å². The predicted molar refractivity (Wildman–Crippen MR) is 122 cm³/mol. The standard InChI is InChI=1S/C20H23ClN4O.HI/c1-22-20(25(2)13-14-6-5-7-15(21)12-14)23-11-10-17-16-8-3-4-9-18(16)24-19(17)26;/h3-9,12,17H,10-11,13H2,1-2H3,(H,22,23)(H,24,26);1H. The van der Waals surface area contributed by atoms with Crippen LogP contribution in [0.1, 0.15) is 23.5 Å². The van der Waals surface area contributed by atoms with Crippen molar-refractivity contribution in [2.24, 2.45) is 4.99 Å². The van der Waals surface area contributed by atoms with Crippen molar-refractivity contribution in [3.63, 3.8) is 0 Å². The summed E-state index contributed by atoms with van der Waals surface area (Å²) in [5.74, 6) is 0.738. The fourth-order valence-corrected chi connectivity index (χ4v) is 3.47. The van der Waals surface area contributed by atoms with Gasteiger partial charge in [0, 0.05) is 37.9 Å². The lowest BCUT2D eigenvalue weighted by molar-refractivity contribution is -0.117. The number of para-hydroxylation sites is 1. The van der Waals surface area contributed by atoms with E-state index in [2.05, 4.69) is 15.6 Å². The zero-order valence-electron chi connectivity index (χ0n) is 15.4. The quantitative estimate of drug-likeness (QED) is 0.371. The topological polar surface area (TPSA) is 56.7 Å². The second kappa shape index (κ2) is 9.94. The van der Waals surface area contributed by atoms with Gasteiger partial charge in [0.2, 0.25) is 5.91 Å². The Bertz CT molecular complexity index is 827. The first-order valence-corrected chi connectivity index (χ1v) is 9.02. The van der Waals surface area contributed by atoms with Gasteiger partial charge in [-0.2, -0.15) is 0 Å². The number of hydrogen-bond acceptors (Lipinski definition) is 2. The molecule has 2 aromatic carbocycles. The third kappa shape index (κ3) is 5.35. The number of anilines is 1. The average molecular weight is 499 g/mol. The summed E-state index contributed by atoms with van der Waals surface area (Å²) in [6.07, 6.45) is 0.715. The number of fused-ring (bicyclic) bond motifs is 1. The lowest BCUT2D eigenvalue weighted by Gasteiger charge is -2.22. The number of halogens is 2. The van der Waals surface area contributed by atoms with E-state index in [-0.39, 0.29) is 35.8 Å². The molecule has 2 aromatic rings. The number of carbonyl (C=O) groups is 1. The fourth-order valence-electron chi connectivity index (χ4n) is 3.26. The van der Waals surface area contributed by atoms with Crippen molar-refractivity contribution in [3.05, 3.63) is 64.7 Å². The summed E-state index contributed by atoms with van der Waals surface area (Å²) in [4.78, 5) is 18.6. The third-order valence-electron chi connectivity index (χ3n) is 4.51. The molecule has 7 heteroatoms. The highest BCUT2D eigenvalue weighted by molar-refractivity contribution is 14.0. The van der Waals surface area contributed by atoms with E-state index in [1.807, 2.05) is 60.5 Å². The van der Waals surface area contributed by atoms with Gasteiger partial charge in [-0.05, 0) is 35.7 Å². The smallest absolute Gasteiger partial charge is 0.232 e. The van der Waals surface area contributed by atoms with Crippen LogP contribution in [-0.4, -0.2) is 37.4 Å². The fraction of sp³-hybridized carbons (Fsp3) is 0.300. The summed E-state index contributed by atoms with van der Waals surface area (Å²) in [6.45, 7) is 1.37. The van der Waals surface area contributed by atoms with Crippen molar-refractivity contribution in [1.29, 1.82) is 0 Å². The number of benzene rings is 2. The number of hydrogen-bond donors (Lipinski definition) is 2. The molecule has 0 aliphatic carbocycles. The lowest BCUT2D eigenvalue weighted by atomic mass is 9.97. The maximum Gasteiger partial charge on any atom is 0.232 e. The van der Waals surface area contributed by atoms with Gasteiger partial charge in [-0.15, -0.1) is 24.0 Å². The third-order valence-corrected chi connectivity index (χ3v) is 4.74. The molecule has 1 atom stereocenters. The Morgan fingerprint density at radius 2 is 2.04 bits per heavy atom. The Morgan fingerprint density at radius 3 is 2.78 bits per heavy atom. The summed E-state index contributed by atoms with van der Waals surface area (Å²) in [6, 6.07) is 15.7. The molecule has 2 N–H and O–H groups in total. The molecule has 144 valence electrons. The molecule has 5 nitrogen and oxygen atoms in total.